The normalized spacial score (nSPS) is 16.3. The molecular weight excluding hydrogens is 364 g/mol. The lowest BCUT2D eigenvalue weighted by molar-refractivity contribution is 0.0844. The third-order valence-electron chi connectivity index (χ3n) is 4.53. The van der Waals surface area contributed by atoms with E-state index in [9.17, 15) is 9.90 Å². The molecule has 0 spiro atoms. The number of hydrogen-bond donors (Lipinski definition) is 1. The highest BCUT2D eigenvalue weighted by Crippen LogP contribution is 2.49. The van der Waals surface area contributed by atoms with Gasteiger partial charge in [-0.25, -0.2) is 0 Å². The number of thiophene rings is 1. The molecule has 1 aromatic heterocycles. The van der Waals surface area contributed by atoms with Gasteiger partial charge >= 0.3 is 0 Å². The SMILES string of the molecule is COc1c(OC(C)C)cc2c(c1O)C(=O)CC(c1csc3ccccc13)O2. The van der Waals surface area contributed by atoms with Crippen LogP contribution in [0.1, 0.15) is 42.3 Å². The molecule has 0 saturated carbocycles. The zero-order valence-corrected chi connectivity index (χ0v) is 16.1. The zero-order chi connectivity index (χ0) is 19.1. The van der Waals surface area contributed by atoms with Gasteiger partial charge in [0.2, 0.25) is 5.75 Å². The highest BCUT2D eigenvalue weighted by atomic mass is 32.1. The molecule has 1 aliphatic heterocycles. The Balaban J connectivity index is 1.79. The predicted octanol–water partition coefficient (Wildman–Crippen LogP) is 5.11. The van der Waals surface area contributed by atoms with Crippen LogP contribution >= 0.6 is 11.3 Å². The molecule has 1 N–H and O–H groups in total. The quantitative estimate of drug-likeness (QED) is 0.677. The fourth-order valence-corrected chi connectivity index (χ4v) is 4.39. The molecule has 3 aromatic rings. The van der Waals surface area contributed by atoms with E-state index in [0.29, 0.717) is 11.5 Å². The van der Waals surface area contributed by atoms with Crippen molar-refractivity contribution in [1.82, 2.24) is 0 Å². The van der Waals surface area contributed by atoms with Gasteiger partial charge in [-0.05, 0) is 30.7 Å². The van der Waals surface area contributed by atoms with Crippen molar-refractivity contribution in [2.45, 2.75) is 32.5 Å². The number of ether oxygens (including phenoxy) is 3. The Kier molecular flexibility index (Phi) is 4.44. The maximum Gasteiger partial charge on any atom is 0.204 e. The summed E-state index contributed by atoms with van der Waals surface area (Å²) in [5.74, 6) is 0.416. The minimum atomic E-state index is -0.402. The molecule has 1 unspecified atom stereocenters. The molecule has 1 aliphatic rings. The fraction of sp³-hybridized carbons (Fsp3) is 0.286. The Labute approximate surface area is 161 Å². The third kappa shape index (κ3) is 3.00. The Morgan fingerprint density at radius 1 is 1.30 bits per heavy atom. The molecule has 0 fully saturated rings. The van der Waals surface area contributed by atoms with Crippen molar-refractivity contribution in [3.8, 4) is 23.0 Å². The molecule has 6 heteroatoms. The first-order valence-electron chi connectivity index (χ1n) is 8.76. The summed E-state index contributed by atoms with van der Waals surface area (Å²) < 4.78 is 18.3. The summed E-state index contributed by atoms with van der Waals surface area (Å²) in [6.45, 7) is 3.75. The van der Waals surface area contributed by atoms with Crippen molar-refractivity contribution in [1.29, 1.82) is 0 Å². The van der Waals surface area contributed by atoms with Gasteiger partial charge < -0.3 is 19.3 Å². The first kappa shape index (κ1) is 17.7. The van der Waals surface area contributed by atoms with Crippen LogP contribution < -0.4 is 14.2 Å². The Morgan fingerprint density at radius 2 is 2.07 bits per heavy atom. The van der Waals surface area contributed by atoms with Gasteiger partial charge in [0.05, 0.1) is 19.6 Å². The number of rotatable bonds is 4. The van der Waals surface area contributed by atoms with E-state index in [1.54, 1.807) is 17.4 Å². The smallest absolute Gasteiger partial charge is 0.204 e. The van der Waals surface area contributed by atoms with Gasteiger partial charge in [-0.2, -0.15) is 0 Å². The van der Waals surface area contributed by atoms with E-state index in [1.807, 2.05) is 43.5 Å². The molecule has 0 aliphatic carbocycles. The minimum Gasteiger partial charge on any atom is -0.504 e. The summed E-state index contributed by atoms with van der Waals surface area (Å²) in [7, 11) is 1.43. The van der Waals surface area contributed by atoms with Gasteiger partial charge in [0, 0.05) is 16.3 Å². The molecular formula is C21H20O5S. The summed E-state index contributed by atoms with van der Waals surface area (Å²) in [5.41, 5.74) is 1.13. The monoisotopic (exact) mass is 384 g/mol. The van der Waals surface area contributed by atoms with Crippen LogP contribution in [0, 0.1) is 0 Å². The highest BCUT2D eigenvalue weighted by molar-refractivity contribution is 7.17. The first-order valence-corrected chi connectivity index (χ1v) is 9.64. The second kappa shape index (κ2) is 6.78. The molecule has 0 amide bonds. The number of carbonyl (C=O) groups excluding carboxylic acids is 1. The molecule has 2 heterocycles. The summed E-state index contributed by atoms with van der Waals surface area (Å²) in [5, 5.41) is 13.7. The highest BCUT2D eigenvalue weighted by Gasteiger charge is 2.34. The summed E-state index contributed by atoms with van der Waals surface area (Å²) in [6.07, 6.45) is -0.359. The van der Waals surface area contributed by atoms with Crippen molar-refractivity contribution in [2.75, 3.05) is 7.11 Å². The molecule has 5 nitrogen and oxygen atoms in total. The number of hydrogen-bond acceptors (Lipinski definition) is 6. The number of aromatic hydroxyl groups is 1. The Bertz CT molecular complexity index is 1020. The van der Waals surface area contributed by atoms with Crippen molar-refractivity contribution < 1.29 is 24.1 Å². The molecule has 0 bridgehead atoms. The fourth-order valence-electron chi connectivity index (χ4n) is 3.39. The van der Waals surface area contributed by atoms with Gasteiger partial charge in [-0.1, -0.05) is 18.2 Å². The third-order valence-corrected chi connectivity index (χ3v) is 5.51. The van der Waals surface area contributed by atoms with Crippen molar-refractivity contribution >= 4 is 27.2 Å². The molecule has 27 heavy (non-hydrogen) atoms. The van der Waals surface area contributed by atoms with Crippen LogP contribution in [0.15, 0.2) is 35.7 Å². The van der Waals surface area contributed by atoms with E-state index in [0.717, 1.165) is 15.6 Å². The van der Waals surface area contributed by atoms with E-state index >= 15 is 0 Å². The van der Waals surface area contributed by atoms with Crippen LogP contribution in [0.3, 0.4) is 0 Å². The number of benzene rings is 2. The van der Waals surface area contributed by atoms with E-state index < -0.39 is 6.10 Å². The number of carbonyl (C=O) groups is 1. The number of Topliss-reactive ketones (excluding diaryl/α,β-unsaturated/α-hetero) is 1. The number of methoxy groups -OCH3 is 1. The largest absolute Gasteiger partial charge is 0.504 e. The van der Waals surface area contributed by atoms with Crippen LogP contribution in [-0.4, -0.2) is 24.1 Å². The van der Waals surface area contributed by atoms with Gasteiger partial charge in [-0.15, -0.1) is 11.3 Å². The molecule has 4 rings (SSSR count). The second-order valence-corrected chi connectivity index (χ2v) is 7.63. The van der Waals surface area contributed by atoms with E-state index in [2.05, 4.69) is 0 Å². The molecule has 140 valence electrons. The van der Waals surface area contributed by atoms with Crippen LogP contribution in [0.2, 0.25) is 0 Å². The number of ketones is 1. The molecule has 1 atom stereocenters. The standard InChI is InChI=1S/C21H20O5S/c1-11(2)25-17-9-16-19(20(23)21(17)24-3)14(22)8-15(26-16)13-10-27-18-7-5-4-6-12(13)18/h4-7,9-11,15,23H,8H2,1-3H3. The van der Waals surface area contributed by atoms with Gasteiger partial charge in [0.25, 0.3) is 0 Å². The average Bonchev–Trinajstić information content (AvgIpc) is 3.05. The topological polar surface area (TPSA) is 65.0 Å². The maximum absolute atomic E-state index is 12.8. The van der Waals surface area contributed by atoms with E-state index in [4.69, 9.17) is 14.2 Å². The number of fused-ring (bicyclic) bond motifs is 2. The second-order valence-electron chi connectivity index (χ2n) is 6.72. The van der Waals surface area contributed by atoms with Crippen molar-refractivity contribution in [3.05, 3.63) is 46.8 Å². The van der Waals surface area contributed by atoms with E-state index in [1.165, 1.54) is 7.11 Å². The number of phenolic OH excluding ortho intramolecular Hbond substituents is 1. The van der Waals surface area contributed by atoms with Crippen molar-refractivity contribution in [2.24, 2.45) is 0 Å². The Morgan fingerprint density at radius 3 is 2.81 bits per heavy atom. The maximum atomic E-state index is 12.8. The zero-order valence-electron chi connectivity index (χ0n) is 15.3. The Hall–Kier alpha value is -2.73. The summed E-state index contributed by atoms with van der Waals surface area (Å²) in [6, 6.07) is 9.68. The molecule has 0 radical (unpaired) electrons. The summed E-state index contributed by atoms with van der Waals surface area (Å²) >= 11 is 1.63. The lowest BCUT2D eigenvalue weighted by Gasteiger charge is -2.27. The molecule has 0 saturated heterocycles. The van der Waals surface area contributed by atoms with Gasteiger partial charge in [0.15, 0.2) is 17.3 Å². The lowest BCUT2D eigenvalue weighted by atomic mass is 9.95. The predicted molar refractivity (Wildman–Crippen MR) is 105 cm³/mol. The van der Waals surface area contributed by atoms with Gasteiger partial charge in [0.1, 0.15) is 17.4 Å². The number of phenols is 1. The van der Waals surface area contributed by atoms with Crippen molar-refractivity contribution in [3.63, 3.8) is 0 Å². The first-order chi connectivity index (χ1) is 13.0. The van der Waals surface area contributed by atoms with Crippen LogP contribution in [0.4, 0.5) is 0 Å². The average molecular weight is 384 g/mol. The lowest BCUT2D eigenvalue weighted by Crippen LogP contribution is -2.21. The molecule has 2 aromatic carbocycles. The van der Waals surface area contributed by atoms with Crippen LogP contribution in [0.25, 0.3) is 10.1 Å². The van der Waals surface area contributed by atoms with Crippen LogP contribution in [-0.2, 0) is 0 Å². The summed E-state index contributed by atoms with van der Waals surface area (Å²) in [4.78, 5) is 12.8. The minimum absolute atomic E-state index is 0.118. The van der Waals surface area contributed by atoms with Crippen LogP contribution in [0.5, 0.6) is 23.0 Å². The van der Waals surface area contributed by atoms with E-state index in [-0.39, 0.29) is 35.4 Å². The van der Waals surface area contributed by atoms with Gasteiger partial charge in [-0.3, -0.25) is 4.79 Å².